The van der Waals surface area contributed by atoms with Gasteiger partial charge in [-0.05, 0) is 29.5 Å². The van der Waals surface area contributed by atoms with E-state index in [2.05, 4.69) is 4.98 Å². The molecule has 1 aromatic heterocycles. The van der Waals surface area contributed by atoms with Crippen molar-refractivity contribution in [2.45, 2.75) is 13.3 Å². The summed E-state index contributed by atoms with van der Waals surface area (Å²) in [6.07, 6.45) is -1.85. The van der Waals surface area contributed by atoms with Crippen LogP contribution in [0.2, 0.25) is 0 Å². The minimum Gasteiger partial charge on any atom is -0.462 e. The molecule has 0 aliphatic heterocycles. The summed E-state index contributed by atoms with van der Waals surface area (Å²) in [5.74, 6) is -0.679. The molecule has 0 aliphatic carbocycles. The first-order valence-corrected chi connectivity index (χ1v) is 5.64. The molecule has 1 aromatic rings. The molecule has 0 aromatic carbocycles. The zero-order valence-corrected chi connectivity index (χ0v) is 10.9. The first-order valence-electron chi connectivity index (χ1n) is 4.56. The molecule has 0 atom stereocenters. The number of nitriles is 1. The van der Waals surface area contributed by atoms with Crippen molar-refractivity contribution in [1.82, 2.24) is 4.98 Å². The molecule has 0 spiro atoms. The lowest BCUT2D eigenvalue weighted by molar-refractivity contribution is 0.0524. The average Bonchev–Trinajstić information content (AvgIpc) is 2.28. The molecule has 0 bridgehead atoms. The lowest BCUT2D eigenvalue weighted by Crippen LogP contribution is -2.10. The fraction of sp³-hybridized carbons (Fsp3) is 0.300. The second kappa shape index (κ2) is 5.86. The summed E-state index contributed by atoms with van der Waals surface area (Å²) in [4.78, 5) is 14.9. The van der Waals surface area contributed by atoms with E-state index in [4.69, 9.17) is 10.00 Å². The number of pyridine rings is 1. The molecule has 0 amide bonds. The summed E-state index contributed by atoms with van der Waals surface area (Å²) in [5, 5.41) is 8.80. The summed E-state index contributed by atoms with van der Waals surface area (Å²) in [6, 6.07) is 1.62. The second-order valence-corrected chi connectivity index (χ2v) is 3.96. The van der Waals surface area contributed by atoms with E-state index in [1.807, 2.05) is 0 Å². The maximum absolute atomic E-state index is 12.5. The highest BCUT2D eigenvalue weighted by atomic mass is 127. The Morgan fingerprint density at radius 3 is 2.82 bits per heavy atom. The zero-order chi connectivity index (χ0) is 13.0. The number of esters is 1. The standard InChI is InChI=1S/C10H7F2IN2O2/c1-2-17-10(16)6-4-15-8(9(11)12)5(3-14)7(6)13/h4,9H,2H2,1H3. The smallest absolute Gasteiger partial charge is 0.340 e. The van der Waals surface area contributed by atoms with E-state index in [1.54, 1.807) is 35.6 Å². The van der Waals surface area contributed by atoms with E-state index in [-0.39, 0.29) is 21.3 Å². The maximum atomic E-state index is 12.5. The fourth-order valence-corrected chi connectivity index (χ4v) is 1.88. The predicted octanol–water partition coefficient (Wildman–Crippen LogP) is 2.67. The normalized spacial score (nSPS) is 10.1. The lowest BCUT2D eigenvalue weighted by Gasteiger charge is -2.08. The number of carbonyl (C=O) groups excluding carboxylic acids is 1. The topological polar surface area (TPSA) is 63.0 Å². The number of alkyl halides is 2. The van der Waals surface area contributed by atoms with Gasteiger partial charge in [-0.2, -0.15) is 5.26 Å². The van der Waals surface area contributed by atoms with Gasteiger partial charge in [0.05, 0.1) is 17.7 Å². The lowest BCUT2D eigenvalue weighted by atomic mass is 10.1. The highest BCUT2D eigenvalue weighted by Crippen LogP contribution is 2.26. The van der Waals surface area contributed by atoms with Crippen LogP contribution in [0.3, 0.4) is 0 Å². The van der Waals surface area contributed by atoms with Crippen LogP contribution in [0.1, 0.15) is 35.0 Å². The third-order valence-corrected chi connectivity index (χ3v) is 2.98. The van der Waals surface area contributed by atoms with Crippen molar-refractivity contribution in [2.75, 3.05) is 6.61 Å². The molecular formula is C10H7F2IN2O2. The van der Waals surface area contributed by atoms with Crippen molar-refractivity contribution in [3.63, 3.8) is 0 Å². The molecule has 0 N–H and O–H groups in total. The van der Waals surface area contributed by atoms with Crippen molar-refractivity contribution in [3.05, 3.63) is 26.6 Å². The van der Waals surface area contributed by atoms with Crippen LogP contribution in [0.15, 0.2) is 6.20 Å². The van der Waals surface area contributed by atoms with E-state index < -0.39 is 18.1 Å². The number of nitrogens with zero attached hydrogens (tertiary/aromatic N) is 2. The van der Waals surface area contributed by atoms with Crippen LogP contribution in [0.4, 0.5) is 8.78 Å². The van der Waals surface area contributed by atoms with Gasteiger partial charge in [-0.3, -0.25) is 4.98 Å². The first kappa shape index (κ1) is 13.8. The zero-order valence-electron chi connectivity index (χ0n) is 8.71. The summed E-state index contributed by atoms with van der Waals surface area (Å²) in [5.41, 5.74) is -0.885. The number of carbonyl (C=O) groups is 1. The number of aromatic nitrogens is 1. The van der Waals surface area contributed by atoms with Crippen molar-refractivity contribution < 1.29 is 18.3 Å². The largest absolute Gasteiger partial charge is 0.462 e. The van der Waals surface area contributed by atoms with Gasteiger partial charge < -0.3 is 4.74 Å². The molecule has 0 saturated carbocycles. The first-order chi connectivity index (χ1) is 8.02. The van der Waals surface area contributed by atoms with Gasteiger partial charge in [-0.25, -0.2) is 13.6 Å². The van der Waals surface area contributed by atoms with Gasteiger partial charge in [0, 0.05) is 9.77 Å². The summed E-state index contributed by atoms with van der Waals surface area (Å²) in [6.45, 7) is 1.78. The van der Waals surface area contributed by atoms with Crippen molar-refractivity contribution in [3.8, 4) is 6.07 Å². The Bertz CT molecular complexity index is 486. The van der Waals surface area contributed by atoms with Crippen LogP contribution in [-0.4, -0.2) is 17.6 Å². The molecule has 0 fully saturated rings. The number of hydrogen-bond acceptors (Lipinski definition) is 4. The molecule has 0 radical (unpaired) electrons. The van der Waals surface area contributed by atoms with Gasteiger partial charge in [0.2, 0.25) is 0 Å². The highest BCUT2D eigenvalue weighted by molar-refractivity contribution is 14.1. The van der Waals surface area contributed by atoms with Gasteiger partial charge >= 0.3 is 5.97 Å². The molecule has 17 heavy (non-hydrogen) atoms. The molecule has 0 saturated heterocycles. The maximum Gasteiger partial charge on any atom is 0.340 e. The molecule has 0 aliphatic rings. The Balaban J connectivity index is 3.31. The van der Waals surface area contributed by atoms with Gasteiger partial charge in [-0.15, -0.1) is 0 Å². The summed E-state index contributed by atoms with van der Waals surface area (Å²) < 4.78 is 29.9. The highest BCUT2D eigenvalue weighted by Gasteiger charge is 2.22. The Hall–Kier alpha value is -1.30. The minimum absolute atomic E-state index is 0.0217. The van der Waals surface area contributed by atoms with E-state index in [0.29, 0.717) is 0 Å². The molecule has 1 heterocycles. The average molecular weight is 352 g/mol. The molecule has 4 nitrogen and oxygen atoms in total. The molecule has 0 unspecified atom stereocenters. The summed E-state index contributed by atoms with van der Waals surface area (Å²) in [7, 11) is 0. The second-order valence-electron chi connectivity index (χ2n) is 2.88. The molecule has 90 valence electrons. The van der Waals surface area contributed by atoms with E-state index in [9.17, 15) is 13.6 Å². The van der Waals surface area contributed by atoms with Gasteiger partial charge in [0.1, 0.15) is 11.8 Å². The Labute approximate surface area is 110 Å². The van der Waals surface area contributed by atoms with E-state index in [0.717, 1.165) is 6.20 Å². The monoisotopic (exact) mass is 352 g/mol. The minimum atomic E-state index is -2.85. The van der Waals surface area contributed by atoms with Gasteiger partial charge in [0.15, 0.2) is 0 Å². The van der Waals surface area contributed by atoms with Gasteiger partial charge in [-0.1, -0.05) is 0 Å². The summed E-state index contributed by atoms with van der Waals surface area (Å²) >= 11 is 1.66. The Morgan fingerprint density at radius 1 is 1.71 bits per heavy atom. The predicted molar refractivity (Wildman–Crippen MR) is 62.6 cm³/mol. The van der Waals surface area contributed by atoms with Crippen molar-refractivity contribution in [2.24, 2.45) is 0 Å². The number of hydrogen-bond donors (Lipinski definition) is 0. The number of ether oxygens (including phenoxy) is 1. The third kappa shape index (κ3) is 2.88. The van der Waals surface area contributed by atoms with Crippen LogP contribution >= 0.6 is 22.6 Å². The van der Waals surface area contributed by atoms with Crippen LogP contribution in [0, 0.1) is 14.9 Å². The van der Waals surface area contributed by atoms with Crippen LogP contribution in [0.25, 0.3) is 0 Å². The van der Waals surface area contributed by atoms with E-state index in [1.165, 1.54) is 0 Å². The van der Waals surface area contributed by atoms with Crippen molar-refractivity contribution in [1.29, 1.82) is 5.26 Å². The Kier molecular flexibility index (Phi) is 4.74. The quantitative estimate of drug-likeness (QED) is 0.620. The third-order valence-electron chi connectivity index (χ3n) is 1.86. The van der Waals surface area contributed by atoms with Crippen LogP contribution in [-0.2, 0) is 4.74 Å². The SMILES string of the molecule is CCOC(=O)c1cnc(C(F)F)c(C#N)c1I. The molecule has 1 rings (SSSR count). The van der Waals surface area contributed by atoms with Crippen LogP contribution in [0.5, 0.6) is 0 Å². The fourth-order valence-electron chi connectivity index (χ4n) is 1.13. The van der Waals surface area contributed by atoms with Gasteiger partial charge in [0.25, 0.3) is 6.43 Å². The Morgan fingerprint density at radius 2 is 2.35 bits per heavy atom. The number of halogens is 3. The van der Waals surface area contributed by atoms with Crippen LogP contribution < -0.4 is 0 Å². The molecular weight excluding hydrogens is 345 g/mol. The molecule has 7 heteroatoms. The van der Waals surface area contributed by atoms with E-state index >= 15 is 0 Å². The number of rotatable bonds is 3. The van der Waals surface area contributed by atoms with Crippen molar-refractivity contribution >= 4 is 28.6 Å².